The number of hydrogen-bond acceptors (Lipinski definition) is 3. The SMILES string of the molecule is CC(C)N1CCC(NC(=O)c2cc3ccccc3n2CC(=O)Nc2ccccc2)CC1. The van der Waals surface area contributed by atoms with Gasteiger partial charge in [0.05, 0.1) is 0 Å². The van der Waals surface area contributed by atoms with Crippen LogP contribution in [-0.2, 0) is 11.3 Å². The van der Waals surface area contributed by atoms with E-state index in [1.165, 1.54) is 0 Å². The van der Waals surface area contributed by atoms with E-state index < -0.39 is 0 Å². The third-order valence-electron chi connectivity index (χ3n) is 6.00. The van der Waals surface area contributed by atoms with Gasteiger partial charge < -0.3 is 20.1 Å². The van der Waals surface area contributed by atoms with Gasteiger partial charge in [0.15, 0.2) is 0 Å². The van der Waals surface area contributed by atoms with Crippen LogP contribution >= 0.6 is 0 Å². The van der Waals surface area contributed by atoms with Crippen LogP contribution in [0.2, 0.25) is 0 Å². The van der Waals surface area contributed by atoms with E-state index in [-0.39, 0.29) is 24.4 Å². The smallest absolute Gasteiger partial charge is 0.268 e. The second kappa shape index (κ2) is 9.35. The predicted molar refractivity (Wildman–Crippen MR) is 124 cm³/mol. The summed E-state index contributed by atoms with van der Waals surface area (Å²) in [5.74, 6) is -0.279. The quantitative estimate of drug-likeness (QED) is 0.638. The van der Waals surface area contributed by atoms with Crippen LogP contribution in [0.3, 0.4) is 0 Å². The average molecular weight is 419 g/mol. The first-order chi connectivity index (χ1) is 15.0. The van der Waals surface area contributed by atoms with E-state index in [0.717, 1.165) is 42.5 Å². The molecule has 0 spiro atoms. The largest absolute Gasteiger partial charge is 0.348 e. The molecule has 1 aliphatic heterocycles. The summed E-state index contributed by atoms with van der Waals surface area (Å²) < 4.78 is 1.81. The Morgan fingerprint density at radius 3 is 2.39 bits per heavy atom. The van der Waals surface area contributed by atoms with Crippen molar-refractivity contribution in [3.8, 4) is 0 Å². The lowest BCUT2D eigenvalue weighted by molar-refractivity contribution is -0.116. The van der Waals surface area contributed by atoms with Crippen molar-refractivity contribution in [3.63, 3.8) is 0 Å². The molecule has 1 fully saturated rings. The summed E-state index contributed by atoms with van der Waals surface area (Å²) in [5.41, 5.74) is 2.15. The number of nitrogens with zero attached hydrogens (tertiary/aromatic N) is 2. The van der Waals surface area contributed by atoms with Crippen LogP contribution in [-0.4, -0.2) is 46.5 Å². The molecule has 4 rings (SSSR count). The minimum absolute atomic E-state index is 0.0803. The molecule has 6 heteroatoms. The summed E-state index contributed by atoms with van der Waals surface area (Å²) in [6.07, 6.45) is 1.89. The molecule has 2 N–H and O–H groups in total. The maximum Gasteiger partial charge on any atom is 0.268 e. The van der Waals surface area contributed by atoms with Crippen LogP contribution in [0.4, 0.5) is 5.69 Å². The zero-order valence-corrected chi connectivity index (χ0v) is 18.2. The molecule has 2 heterocycles. The maximum atomic E-state index is 13.2. The fourth-order valence-electron chi connectivity index (χ4n) is 4.25. The Hall–Kier alpha value is -3.12. The van der Waals surface area contributed by atoms with Gasteiger partial charge in [-0.05, 0) is 51.0 Å². The third kappa shape index (κ3) is 4.97. The molecule has 2 amide bonds. The van der Waals surface area contributed by atoms with Crippen molar-refractivity contribution in [3.05, 3.63) is 66.4 Å². The number of carbonyl (C=O) groups is 2. The molecule has 1 aliphatic rings. The van der Waals surface area contributed by atoms with Gasteiger partial charge in [0.1, 0.15) is 12.2 Å². The fraction of sp³-hybridized carbons (Fsp3) is 0.360. The number of fused-ring (bicyclic) bond motifs is 1. The Kier molecular flexibility index (Phi) is 6.37. The maximum absolute atomic E-state index is 13.2. The van der Waals surface area contributed by atoms with Crippen molar-refractivity contribution in [1.29, 1.82) is 0 Å². The minimum atomic E-state index is -0.160. The number of piperidine rings is 1. The molecule has 31 heavy (non-hydrogen) atoms. The van der Waals surface area contributed by atoms with Gasteiger partial charge in [-0.1, -0.05) is 36.4 Å². The monoisotopic (exact) mass is 418 g/mol. The zero-order valence-electron chi connectivity index (χ0n) is 18.2. The van der Waals surface area contributed by atoms with Gasteiger partial charge >= 0.3 is 0 Å². The number of amides is 2. The minimum Gasteiger partial charge on any atom is -0.348 e. The lowest BCUT2D eigenvalue weighted by Gasteiger charge is -2.34. The van der Waals surface area contributed by atoms with E-state index in [1.54, 1.807) is 0 Å². The van der Waals surface area contributed by atoms with Gasteiger partial charge in [-0.25, -0.2) is 0 Å². The first kappa shape index (κ1) is 21.1. The number of nitrogens with one attached hydrogen (secondary N) is 2. The van der Waals surface area contributed by atoms with Gasteiger partial charge in [0.25, 0.3) is 5.91 Å². The number of rotatable bonds is 6. The summed E-state index contributed by atoms with van der Waals surface area (Å²) >= 11 is 0. The van der Waals surface area contributed by atoms with E-state index in [1.807, 2.05) is 65.2 Å². The summed E-state index contributed by atoms with van der Waals surface area (Å²) in [7, 11) is 0. The van der Waals surface area contributed by atoms with Crippen molar-refractivity contribution >= 4 is 28.4 Å². The molecule has 162 valence electrons. The van der Waals surface area contributed by atoms with Gasteiger partial charge in [-0.2, -0.15) is 0 Å². The summed E-state index contributed by atoms with van der Waals surface area (Å²) in [5, 5.41) is 7.07. The molecule has 2 aromatic carbocycles. The molecule has 0 aliphatic carbocycles. The van der Waals surface area contributed by atoms with Crippen molar-refractivity contribution in [2.24, 2.45) is 0 Å². The number of aromatic nitrogens is 1. The van der Waals surface area contributed by atoms with Gasteiger partial charge in [-0.3, -0.25) is 9.59 Å². The molecule has 0 saturated carbocycles. The Bertz CT molecular complexity index is 1050. The topological polar surface area (TPSA) is 66.4 Å². The zero-order chi connectivity index (χ0) is 21.8. The first-order valence-electron chi connectivity index (χ1n) is 11.0. The number of likely N-dealkylation sites (tertiary alicyclic amines) is 1. The second-order valence-electron chi connectivity index (χ2n) is 8.47. The summed E-state index contributed by atoms with van der Waals surface area (Å²) in [6, 6.07) is 19.7. The Labute approximate surface area is 183 Å². The Morgan fingerprint density at radius 2 is 1.68 bits per heavy atom. The van der Waals surface area contributed by atoms with E-state index in [4.69, 9.17) is 0 Å². The van der Waals surface area contributed by atoms with Crippen LogP contribution in [0.1, 0.15) is 37.2 Å². The van der Waals surface area contributed by atoms with E-state index >= 15 is 0 Å². The highest BCUT2D eigenvalue weighted by Crippen LogP contribution is 2.21. The molecule has 6 nitrogen and oxygen atoms in total. The van der Waals surface area contributed by atoms with E-state index in [9.17, 15) is 9.59 Å². The van der Waals surface area contributed by atoms with E-state index in [2.05, 4.69) is 29.4 Å². The molecule has 1 aromatic heterocycles. The summed E-state index contributed by atoms with van der Waals surface area (Å²) in [4.78, 5) is 28.3. The Balaban J connectivity index is 1.51. The molecule has 0 atom stereocenters. The molecular weight excluding hydrogens is 388 g/mol. The lowest BCUT2D eigenvalue weighted by atomic mass is 10.0. The number of carbonyl (C=O) groups excluding carboxylic acids is 2. The molecule has 0 bridgehead atoms. The number of benzene rings is 2. The van der Waals surface area contributed by atoms with Crippen LogP contribution in [0.25, 0.3) is 10.9 Å². The molecule has 0 radical (unpaired) electrons. The predicted octanol–water partition coefficient (Wildman–Crippen LogP) is 3.88. The molecule has 1 saturated heterocycles. The standard InChI is InChI=1S/C25H30N4O2/c1-18(2)28-14-12-21(13-15-28)27-25(31)23-16-19-8-6-7-11-22(19)29(23)17-24(30)26-20-9-4-3-5-10-20/h3-11,16,18,21H,12-15,17H2,1-2H3,(H,26,30)(H,27,31). The highest BCUT2D eigenvalue weighted by Gasteiger charge is 2.24. The highest BCUT2D eigenvalue weighted by atomic mass is 16.2. The number of hydrogen-bond donors (Lipinski definition) is 2. The van der Waals surface area contributed by atoms with Crippen LogP contribution < -0.4 is 10.6 Å². The van der Waals surface area contributed by atoms with Crippen molar-refractivity contribution in [2.75, 3.05) is 18.4 Å². The average Bonchev–Trinajstić information content (AvgIpc) is 3.13. The van der Waals surface area contributed by atoms with Crippen molar-refractivity contribution in [1.82, 2.24) is 14.8 Å². The second-order valence-corrected chi connectivity index (χ2v) is 8.47. The number of para-hydroxylation sites is 2. The van der Waals surface area contributed by atoms with Gasteiger partial charge in [-0.15, -0.1) is 0 Å². The van der Waals surface area contributed by atoms with Crippen LogP contribution in [0, 0.1) is 0 Å². The van der Waals surface area contributed by atoms with Crippen LogP contribution in [0.15, 0.2) is 60.7 Å². The van der Waals surface area contributed by atoms with Crippen LogP contribution in [0.5, 0.6) is 0 Å². The number of anilines is 1. The highest BCUT2D eigenvalue weighted by molar-refractivity contribution is 6.00. The third-order valence-corrected chi connectivity index (χ3v) is 6.00. The molecule has 3 aromatic rings. The first-order valence-corrected chi connectivity index (χ1v) is 11.0. The van der Waals surface area contributed by atoms with E-state index in [0.29, 0.717) is 11.7 Å². The molecular formula is C25H30N4O2. The summed E-state index contributed by atoms with van der Waals surface area (Å²) in [6.45, 7) is 6.47. The normalized spacial score (nSPS) is 15.3. The van der Waals surface area contributed by atoms with Crippen molar-refractivity contribution in [2.45, 2.75) is 45.3 Å². The molecule has 0 unspecified atom stereocenters. The van der Waals surface area contributed by atoms with Gasteiger partial charge in [0, 0.05) is 41.8 Å². The van der Waals surface area contributed by atoms with Crippen molar-refractivity contribution < 1.29 is 9.59 Å². The lowest BCUT2D eigenvalue weighted by Crippen LogP contribution is -2.47. The van der Waals surface area contributed by atoms with Gasteiger partial charge in [0.2, 0.25) is 5.91 Å². The fourth-order valence-corrected chi connectivity index (χ4v) is 4.25. The Morgan fingerprint density at radius 1 is 1.00 bits per heavy atom.